The quantitative estimate of drug-likeness (QED) is 0.230. The van der Waals surface area contributed by atoms with Crippen molar-refractivity contribution in [3.63, 3.8) is 0 Å². The first-order valence-corrected chi connectivity index (χ1v) is 10.5. The summed E-state index contributed by atoms with van der Waals surface area (Å²) in [6.07, 6.45) is 0.888. The molecule has 0 aliphatic heterocycles. The Balaban J connectivity index is 1.40. The lowest BCUT2D eigenvalue weighted by molar-refractivity contribution is -0.389. The molecule has 0 aliphatic carbocycles. The van der Waals surface area contributed by atoms with Crippen LogP contribution in [0.2, 0.25) is 5.02 Å². The molecule has 3 rings (SSSR count). The van der Waals surface area contributed by atoms with E-state index in [-0.39, 0.29) is 42.3 Å². The minimum absolute atomic E-state index is 0.0690. The number of benzene rings is 1. The first kappa shape index (κ1) is 24.6. The number of methoxy groups -OCH3 is 1. The van der Waals surface area contributed by atoms with Gasteiger partial charge in [-0.05, 0) is 36.0 Å². The molecular weight excluding hydrogens is 470 g/mol. The zero-order valence-electron chi connectivity index (χ0n) is 18.4. The second-order valence-corrected chi connectivity index (χ2v) is 7.49. The van der Waals surface area contributed by atoms with Crippen molar-refractivity contribution in [1.82, 2.24) is 30.6 Å². The maximum absolute atomic E-state index is 12.2. The Morgan fingerprint density at radius 3 is 2.59 bits per heavy atom. The molecule has 2 aromatic heterocycles. The molecule has 0 saturated carbocycles. The van der Waals surface area contributed by atoms with Crippen molar-refractivity contribution in [2.45, 2.75) is 26.3 Å². The van der Waals surface area contributed by atoms with Gasteiger partial charge in [0.25, 0.3) is 0 Å². The second kappa shape index (κ2) is 11.2. The van der Waals surface area contributed by atoms with Crippen molar-refractivity contribution in [3.8, 4) is 5.75 Å². The third-order valence-electron chi connectivity index (χ3n) is 4.78. The number of halogens is 1. The average Bonchev–Trinajstić information content (AvgIpc) is 3.41. The standard InChI is InChI=1S/C20H22ClN7O6/c1-12-17(21)18(28(31)32)25-27(12)11-15-24-20(34-26-15)19(30)23-10-9-22-16(29)8-5-13-3-6-14(33-2)7-4-13/h3-4,6-7H,5,8-11H2,1-2H3,(H,22,29)(H,23,30). The highest BCUT2D eigenvalue weighted by atomic mass is 35.5. The maximum atomic E-state index is 12.2. The topological polar surface area (TPSA) is 167 Å². The number of nitro groups is 1. The van der Waals surface area contributed by atoms with E-state index in [0.29, 0.717) is 18.5 Å². The van der Waals surface area contributed by atoms with Crippen LogP contribution in [0.1, 0.15) is 34.2 Å². The molecule has 34 heavy (non-hydrogen) atoms. The fraction of sp³-hybridized carbons (Fsp3) is 0.350. The Morgan fingerprint density at radius 2 is 1.94 bits per heavy atom. The molecule has 0 saturated heterocycles. The summed E-state index contributed by atoms with van der Waals surface area (Å²) in [6, 6.07) is 7.46. The molecular formula is C20H22ClN7O6. The Kier molecular flexibility index (Phi) is 8.14. The molecule has 2 amide bonds. The fourth-order valence-electron chi connectivity index (χ4n) is 2.92. The molecule has 0 unspecified atom stereocenters. The van der Waals surface area contributed by atoms with Crippen LogP contribution < -0.4 is 15.4 Å². The van der Waals surface area contributed by atoms with E-state index in [1.807, 2.05) is 24.3 Å². The summed E-state index contributed by atoms with van der Waals surface area (Å²) in [5.74, 6) is -0.686. The molecule has 3 aromatic rings. The molecule has 180 valence electrons. The largest absolute Gasteiger partial charge is 0.497 e. The van der Waals surface area contributed by atoms with Crippen LogP contribution in [0.4, 0.5) is 5.82 Å². The van der Waals surface area contributed by atoms with Crippen molar-refractivity contribution in [2.24, 2.45) is 0 Å². The minimum atomic E-state index is -0.696. The number of carbonyl (C=O) groups is 2. The first-order valence-electron chi connectivity index (χ1n) is 10.2. The zero-order chi connectivity index (χ0) is 24.7. The number of nitrogens with zero attached hydrogens (tertiary/aromatic N) is 5. The van der Waals surface area contributed by atoms with Gasteiger partial charge in [0.15, 0.2) is 10.8 Å². The van der Waals surface area contributed by atoms with Crippen molar-refractivity contribution < 1.29 is 23.8 Å². The third kappa shape index (κ3) is 6.28. The summed E-state index contributed by atoms with van der Waals surface area (Å²) in [4.78, 5) is 38.3. The van der Waals surface area contributed by atoms with Gasteiger partial charge < -0.3 is 30.0 Å². The van der Waals surface area contributed by atoms with Gasteiger partial charge in [-0.2, -0.15) is 9.67 Å². The Bertz CT molecular complexity index is 1170. The van der Waals surface area contributed by atoms with Crippen LogP contribution >= 0.6 is 11.6 Å². The van der Waals surface area contributed by atoms with Gasteiger partial charge >= 0.3 is 17.6 Å². The number of hydrogen-bond donors (Lipinski definition) is 2. The van der Waals surface area contributed by atoms with Gasteiger partial charge in [-0.25, -0.2) is 0 Å². The highest BCUT2D eigenvalue weighted by molar-refractivity contribution is 6.33. The number of ether oxygens (including phenoxy) is 1. The lowest BCUT2D eigenvalue weighted by Crippen LogP contribution is -2.34. The van der Waals surface area contributed by atoms with Crippen LogP contribution in [0, 0.1) is 17.0 Å². The van der Waals surface area contributed by atoms with E-state index in [9.17, 15) is 19.7 Å². The van der Waals surface area contributed by atoms with Gasteiger partial charge in [-0.1, -0.05) is 28.9 Å². The van der Waals surface area contributed by atoms with Crippen LogP contribution in [0.3, 0.4) is 0 Å². The van der Waals surface area contributed by atoms with Crippen LogP contribution in [0.5, 0.6) is 5.75 Å². The zero-order valence-corrected chi connectivity index (χ0v) is 19.2. The molecule has 0 aliphatic rings. The Morgan fingerprint density at radius 1 is 1.24 bits per heavy atom. The molecule has 0 fully saturated rings. The summed E-state index contributed by atoms with van der Waals surface area (Å²) in [6.45, 7) is 1.87. The van der Waals surface area contributed by atoms with Crippen molar-refractivity contribution in [1.29, 1.82) is 0 Å². The molecule has 2 heterocycles. The second-order valence-electron chi connectivity index (χ2n) is 7.11. The molecule has 2 N–H and O–H groups in total. The number of aryl methyl sites for hydroxylation is 1. The van der Waals surface area contributed by atoms with E-state index in [4.69, 9.17) is 20.9 Å². The number of amides is 2. The van der Waals surface area contributed by atoms with Gasteiger partial charge in [-0.3, -0.25) is 9.59 Å². The third-order valence-corrected chi connectivity index (χ3v) is 5.22. The SMILES string of the molecule is COc1ccc(CCC(=O)NCCNC(=O)c2nc(Cn3nc([N+](=O)[O-])c(Cl)c3C)no2)cc1. The number of nitrogens with one attached hydrogen (secondary N) is 2. The summed E-state index contributed by atoms with van der Waals surface area (Å²) >= 11 is 5.90. The normalized spacial score (nSPS) is 10.7. The molecule has 14 heteroatoms. The molecule has 0 radical (unpaired) electrons. The van der Waals surface area contributed by atoms with E-state index in [2.05, 4.69) is 25.9 Å². The van der Waals surface area contributed by atoms with Gasteiger partial charge in [0.1, 0.15) is 12.3 Å². The lowest BCUT2D eigenvalue weighted by Gasteiger charge is -2.06. The van der Waals surface area contributed by atoms with Crippen LogP contribution in [-0.4, -0.2) is 56.9 Å². The first-order chi connectivity index (χ1) is 16.3. The van der Waals surface area contributed by atoms with Gasteiger partial charge in [0.05, 0.1) is 17.9 Å². The average molecular weight is 492 g/mol. The van der Waals surface area contributed by atoms with E-state index < -0.39 is 16.6 Å². The van der Waals surface area contributed by atoms with E-state index in [1.165, 1.54) is 4.68 Å². The van der Waals surface area contributed by atoms with Crippen LogP contribution in [-0.2, 0) is 17.8 Å². The van der Waals surface area contributed by atoms with E-state index in [1.54, 1.807) is 14.0 Å². The summed E-state index contributed by atoms with van der Waals surface area (Å²) in [5, 5.41) is 23.6. The summed E-state index contributed by atoms with van der Waals surface area (Å²) < 4.78 is 11.3. The van der Waals surface area contributed by atoms with Crippen molar-refractivity contribution >= 4 is 29.2 Å². The molecule has 1 aromatic carbocycles. The van der Waals surface area contributed by atoms with Crippen molar-refractivity contribution in [3.05, 3.63) is 62.4 Å². The summed E-state index contributed by atoms with van der Waals surface area (Å²) in [5.41, 5.74) is 1.37. The smallest absolute Gasteiger partial charge is 0.408 e. The predicted molar refractivity (Wildman–Crippen MR) is 119 cm³/mol. The number of carbonyl (C=O) groups excluding carboxylic acids is 2. The molecule has 0 spiro atoms. The van der Waals surface area contributed by atoms with E-state index >= 15 is 0 Å². The van der Waals surface area contributed by atoms with E-state index in [0.717, 1.165) is 11.3 Å². The van der Waals surface area contributed by atoms with Crippen molar-refractivity contribution in [2.75, 3.05) is 20.2 Å². The number of rotatable bonds is 11. The predicted octanol–water partition coefficient (Wildman–Crippen LogP) is 1.67. The molecule has 0 bridgehead atoms. The fourth-order valence-corrected chi connectivity index (χ4v) is 3.12. The Hall–Kier alpha value is -4.00. The van der Waals surface area contributed by atoms with Crippen LogP contribution in [0.15, 0.2) is 28.8 Å². The number of hydrogen-bond acceptors (Lipinski definition) is 9. The van der Waals surface area contributed by atoms with Crippen LogP contribution in [0.25, 0.3) is 0 Å². The minimum Gasteiger partial charge on any atom is -0.497 e. The van der Waals surface area contributed by atoms with Gasteiger partial charge in [0.2, 0.25) is 5.91 Å². The van der Waals surface area contributed by atoms with Gasteiger partial charge in [-0.15, -0.1) is 0 Å². The number of aromatic nitrogens is 4. The monoisotopic (exact) mass is 491 g/mol. The highest BCUT2D eigenvalue weighted by Gasteiger charge is 2.25. The molecule has 0 atom stereocenters. The Labute approximate surface area is 198 Å². The lowest BCUT2D eigenvalue weighted by atomic mass is 10.1. The highest BCUT2D eigenvalue weighted by Crippen LogP contribution is 2.26. The molecule has 13 nitrogen and oxygen atoms in total. The summed E-state index contributed by atoms with van der Waals surface area (Å²) in [7, 11) is 1.59. The van der Waals surface area contributed by atoms with Gasteiger partial charge in [0, 0.05) is 19.5 Å². The maximum Gasteiger partial charge on any atom is 0.408 e.